The molecule has 94 valence electrons. The summed E-state index contributed by atoms with van der Waals surface area (Å²) >= 11 is 6.01. The third-order valence-corrected chi connectivity index (χ3v) is 3.51. The van der Waals surface area contributed by atoms with Crippen molar-refractivity contribution in [2.75, 3.05) is 26.2 Å². The number of benzene rings is 1. The molecule has 1 aliphatic rings. The van der Waals surface area contributed by atoms with Crippen LogP contribution in [-0.4, -0.2) is 26.2 Å². The van der Waals surface area contributed by atoms with Crippen LogP contribution in [0.1, 0.15) is 16.7 Å². The number of aryl methyl sites for hydroxylation is 2. The molecule has 1 saturated heterocycles. The van der Waals surface area contributed by atoms with Crippen LogP contribution >= 0.6 is 11.6 Å². The van der Waals surface area contributed by atoms with Gasteiger partial charge in [0.25, 0.3) is 0 Å². The molecule has 1 heterocycles. The topological polar surface area (TPSA) is 27.7 Å². The van der Waals surface area contributed by atoms with E-state index in [9.17, 15) is 0 Å². The molecule has 0 atom stereocenters. The Balaban J connectivity index is 2.52. The third-order valence-electron chi connectivity index (χ3n) is 3.16. The molecule has 1 aromatic carbocycles. The quantitative estimate of drug-likeness (QED) is 0.779. The summed E-state index contributed by atoms with van der Waals surface area (Å²) in [6.45, 7) is 5.21. The fourth-order valence-corrected chi connectivity index (χ4v) is 2.31. The maximum absolute atomic E-state index is 6.01. The molecule has 1 aromatic rings. The highest BCUT2D eigenvalue weighted by Crippen LogP contribution is 2.39. The lowest BCUT2D eigenvalue weighted by atomic mass is 9.99. The van der Waals surface area contributed by atoms with E-state index in [1.165, 1.54) is 11.1 Å². The Morgan fingerprint density at radius 3 is 2.35 bits per heavy atom. The Morgan fingerprint density at radius 2 is 1.82 bits per heavy atom. The predicted molar refractivity (Wildman–Crippen MR) is 66.8 cm³/mol. The van der Waals surface area contributed by atoms with E-state index in [0.29, 0.717) is 13.2 Å². The summed E-state index contributed by atoms with van der Waals surface area (Å²) in [4.78, 5) is 0. The van der Waals surface area contributed by atoms with E-state index in [0.717, 1.165) is 11.3 Å². The lowest BCUT2D eigenvalue weighted by Gasteiger charge is -2.27. The average molecular weight is 257 g/mol. The molecule has 17 heavy (non-hydrogen) atoms. The first-order valence-electron chi connectivity index (χ1n) is 5.62. The van der Waals surface area contributed by atoms with Crippen molar-refractivity contribution in [2.45, 2.75) is 19.6 Å². The third kappa shape index (κ3) is 2.15. The number of methoxy groups -OCH3 is 1. The molecule has 4 heteroatoms. The zero-order valence-corrected chi connectivity index (χ0v) is 11.1. The molecule has 1 aliphatic heterocycles. The van der Waals surface area contributed by atoms with E-state index in [2.05, 4.69) is 6.92 Å². The highest BCUT2D eigenvalue weighted by molar-refractivity contribution is 6.18. The van der Waals surface area contributed by atoms with Crippen LogP contribution in [-0.2, 0) is 15.3 Å². The van der Waals surface area contributed by atoms with E-state index >= 15 is 0 Å². The first kappa shape index (κ1) is 12.7. The molecule has 0 saturated carbocycles. The van der Waals surface area contributed by atoms with Gasteiger partial charge in [0, 0.05) is 0 Å². The average Bonchev–Trinajstić information content (AvgIpc) is 2.82. The fourth-order valence-electron chi connectivity index (χ4n) is 2.02. The van der Waals surface area contributed by atoms with E-state index in [4.69, 9.17) is 25.8 Å². The van der Waals surface area contributed by atoms with E-state index in [-0.39, 0.29) is 5.88 Å². The van der Waals surface area contributed by atoms with Gasteiger partial charge in [-0.1, -0.05) is 0 Å². The van der Waals surface area contributed by atoms with Gasteiger partial charge in [0.2, 0.25) is 5.79 Å². The Bertz CT molecular complexity index is 411. The number of ether oxygens (including phenoxy) is 3. The summed E-state index contributed by atoms with van der Waals surface area (Å²) in [5.41, 5.74) is 3.22. The molecule has 0 N–H and O–H groups in total. The summed E-state index contributed by atoms with van der Waals surface area (Å²) in [5, 5.41) is 0. The van der Waals surface area contributed by atoms with Gasteiger partial charge < -0.3 is 14.2 Å². The lowest BCUT2D eigenvalue weighted by Crippen LogP contribution is -2.30. The summed E-state index contributed by atoms with van der Waals surface area (Å²) in [6.07, 6.45) is 0. The SMILES string of the molecule is COc1cc(C)c(C)cc1C1(CCl)OCCO1. The van der Waals surface area contributed by atoms with Crippen molar-refractivity contribution in [2.24, 2.45) is 0 Å². The van der Waals surface area contributed by atoms with Gasteiger partial charge in [-0.2, -0.15) is 0 Å². The molecule has 3 nitrogen and oxygen atoms in total. The van der Waals surface area contributed by atoms with Crippen LogP contribution in [0.3, 0.4) is 0 Å². The molecule has 0 aliphatic carbocycles. The van der Waals surface area contributed by atoms with E-state index in [1.807, 2.05) is 19.1 Å². The van der Waals surface area contributed by atoms with Crippen LogP contribution in [0.15, 0.2) is 12.1 Å². The fraction of sp³-hybridized carbons (Fsp3) is 0.538. The summed E-state index contributed by atoms with van der Waals surface area (Å²) in [5.74, 6) is 0.160. The van der Waals surface area contributed by atoms with E-state index < -0.39 is 5.79 Å². The van der Waals surface area contributed by atoms with Gasteiger partial charge in [0.15, 0.2) is 0 Å². The number of rotatable bonds is 3. The summed E-state index contributed by atoms with van der Waals surface area (Å²) in [7, 11) is 1.64. The first-order chi connectivity index (χ1) is 8.13. The minimum absolute atomic E-state index is 0.256. The molecule has 0 unspecified atom stereocenters. The Kier molecular flexibility index (Phi) is 3.61. The van der Waals surface area contributed by atoms with Crippen LogP contribution in [0.2, 0.25) is 0 Å². The van der Waals surface area contributed by atoms with Crippen LogP contribution in [0.5, 0.6) is 5.75 Å². The number of hydrogen-bond acceptors (Lipinski definition) is 3. The van der Waals surface area contributed by atoms with Gasteiger partial charge in [-0.3, -0.25) is 0 Å². The van der Waals surface area contributed by atoms with Crippen molar-refractivity contribution in [1.29, 1.82) is 0 Å². The van der Waals surface area contributed by atoms with Gasteiger partial charge in [0.05, 0.1) is 31.8 Å². The van der Waals surface area contributed by atoms with Gasteiger partial charge in [-0.05, 0) is 37.1 Å². The van der Waals surface area contributed by atoms with E-state index in [1.54, 1.807) is 7.11 Å². The van der Waals surface area contributed by atoms with Crippen molar-refractivity contribution in [3.05, 3.63) is 28.8 Å². The van der Waals surface area contributed by atoms with Crippen LogP contribution < -0.4 is 4.74 Å². The molecule has 0 radical (unpaired) electrons. The van der Waals surface area contributed by atoms with Crippen LogP contribution in [0.4, 0.5) is 0 Å². The second-order valence-corrected chi connectivity index (χ2v) is 4.49. The number of halogens is 1. The molecular weight excluding hydrogens is 240 g/mol. The molecule has 0 amide bonds. The number of alkyl halides is 1. The zero-order valence-electron chi connectivity index (χ0n) is 10.4. The van der Waals surface area contributed by atoms with Crippen molar-refractivity contribution in [3.63, 3.8) is 0 Å². The molecular formula is C13H17ClO3. The number of hydrogen-bond donors (Lipinski definition) is 0. The zero-order chi connectivity index (χ0) is 12.5. The van der Waals surface area contributed by atoms with Gasteiger partial charge in [-0.15, -0.1) is 11.6 Å². The van der Waals surface area contributed by atoms with Crippen molar-refractivity contribution < 1.29 is 14.2 Å². The highest BCUT2D eigenvalue weighted by Gasteiger charge is 2.40. The predicted octanol–water partition coefficient (Wildman–Crippen LogP) is 2.75. The Morgan fingerprint density at radius 1 is 1.24 bits per heavy atom. The van der Waals surface area contributed by atoms with Gasteiger partial charge >= 0.3 is 0 Å². The maximum Gasteiger partial charge on any atom is 0.212 e. The van der Waals surface area contributed by atoms with Crippen molar-refractivity contribution in [3.8, 4) is 5.75 Å². The second kappa shape index (κ2) is 4.84. The molecule has 0 spiro atoms. The van der Waals surface area contributed by atoms with Crippen molar-refractivity contribution in [1.82, 2.24) is 0 Å². The first-order valence-corrected chi connectivity index (χ1v) is 6.16. The molecule has 2 rings (SSSR count). The Hall–Kier alpha value is -0.770. The summed E-state index contributed by atoms with van der Waals surface area (Å²) in [6, 6.07) is 4.02. The minimum atomic E-state index is -0.856. The highest BCUT2D eigenvalue weighted by atomic mass is 35.5. The molecule has 0 aromatic heterocycles. The van der Waals surface area contributed by atoms with Crippen LogP contribution in [0, 0.1) is 13.8 Å². The van der Waals surface area contributed by atoms with Gasteiger partial charge in [0.1, 0.15) is 5.75 Å². The maximum atomic E-state index is 6.01. The molecule has 0 bridgehead atoms. The second-order valence-electron chi connectivity index (χ2n) is 4.22. The summed E-state index contributed by atoms with van der Waals surface area (Å²) < 4.78 is 16.8. The monoisotopic (exact) mass is 256 g/mol. The smallest absolute Gasteiger partial charge is 0.212 e. The largest absolute Gasteiger partial charge is 0.496 e. The lowest BCUT2D eigenvalue weighted by molar-refractivity contribution is -0.147. The molecule has 1 fully saturated rings. The Labute approximate surface area is 107 Å². The normalized spacial score (nSPS) is 18.4. The minimum Gasteiger partial charge on any atom is -0.496 e. The standard InChI is InChI=1S/C13H17ClO3/c1-9-6-11(12(15-3)7-10(9)2)13(8-14)16-4-5-17-13/h6-7H,4-5,8H2,1-3H3. The van der Waals surface area contributed by atoms with Gasteiger partial charge in [-0.25, -0.2) is 0 Å². The van der Waals surface area contributed by atoms with Crippen molar-refractivity contribution >= 4 is 11.6 Å². The van der Waals surface area contributed by atoms with Crippen LogP contribution in [0.25, 0.3) is 0 Å².